The maximum absolute atomic E-state index is 13.0. The van der Waals surface area contributed by atoms with E-state index in [0.29, 0.717) is 28.7 Å². The molecule has 2 aromatic carbocycles. The molecule has 1 aliphatic rings. The van der Waals surface area contributed by atoms with E-state index in [2.05, 4.69) is 20.7 Å². The summed E-state index contributed by atoms with van der Waals surface area (Å²) >= 11 is 1.34. The molecule has 3 rings (SSSR count). The van der Waals surface area contributed by atoms with Crippen LogP contribution in [-0.2, 0) is 0 Å². The van der Waals surface area contributed by atoms with Crippen molar-refractivity contribution < 1.29 is 9.18 Å². The summed E-state index contributed by atoms with van der Waals surface area (Å²) in [6, 6.07) is 11.3. The molecule has 0 bridgehead atoms. The molecule has 1 heterocycles. The van der Waals surface area contributed by atoms with Crippen molar-refractivity contribution in [3.63, 3.8) is 0 Å². The van der Waals surface area contributed by atoms with Crippen molar-refractivity contribution in [3.8, 4) is 0 Å². The first kappa shape index (κ1) is 18.3. The average molecular weight is 371 g/mol. The molecule has 8 heteroatoms. The maximum Gasteiger partial charge on any atom is 0.251 e. The summed E-state index contributed by atoms with van der Waals surface area (Å²) < 4.78 is 13.0. The predicted octanol–water partition coefficient (Wildman–Crippen LogP) is 4.40. The number of rotatable bonds is 6. The summed E-state index contributed by atoms with van der Waals surface area (Å²) in [6.07, 6.45) is 2.17. The van der Waals surface area contributed by atoms with E-state index in [1.807, 2.05) is 0 Å². The van der Waals surface area contributed by atoms with Gasteiger partial charge in [-0.25, -0.2) is 4.39 Å². The van der Waals surface area contributed by atoms with Gasteiger partial charge in [0.2, 0.25) is 0 Å². The SMILES string of the molecule is [N-]=[N+]=Nc1cc(C(=O)NCC2CCCN2)ccc1Sc1ccc(F)cc1. The number of benzene rings is 2. The molecule has 6 nitrogen and oxygen atoms in total. The fraction of sp³-hybridized carbons (Fsp3) is 0.278. The average Bonchev–Trinajstić information content (AvgIpc) is 3.17. The van der Waals surface area contributed by atoms with Crippen molar-refractivity contribution in [2.24, 2.45) is 5.11 Å². The molecule has 1 amide bonds. The summed E-state index contributed by atoms with van der Waals surface area (Å²) in [5.41, 5.74) is 9.62. The smallest absolute Gasteiger partial charge is 0.251 e. The Labute approximate surface area is 154 Å². The van der Waals surface area contributed by atoms with Gasteiger partial charge in [-0.3, -0.25) is 4.79 Å². The monoisotopic (exact) mass is 371 g/mol. The van der Waals surface area contributed by atoms with Crippen molar-refractivity contribution in [1.29, 1.82) is 0 Å². The highest BCUT2D eigenvalue weighted by Crippen LogP contribution is 2.36. The van der Waals surface area contributed by atoms with Crippen LogP contribution in [0.5, 0.6) is 0 Å². The zero-order chi connectivity index (χ0) is 18.4. The van der Waals surface area contributed by atoms with E-state index in [1.165, 1.54) is 23.9 Å². The van der Waals surface area contributed by atoms with Crippen molar-refractivity contribution in [2.75, 3.05) is 13.1 Å². The van der Waals surface area contributed by atoms with Crippen LogP contribution in [-0.4, -0.2) is 25.0 Å². The Hall–Kier alpha value is -2.54. The first-order valence-corrected chi connectivity index (χ1v) is 9.11. The Kier molecular flexibility index (Phi) is 6.12. The van der Waals surface area contributed by atoms with Crippen LogP contribution in [0.1, 0.15) is 23.2 Å². The maximum atomic E-state index is 13.0. The molecule has 26 heavy (non-hydrogen) atoms. The van der Waals surface area contributed by atoms with Crippen molar-refractivity contribution in [3.05, 3.63) is 64.3 Å². The number of nitrogens with zero attached hydrogens (tertiary/aromatic N) is 3. The molecule has 0 aliphatic carbocycles. The van der Waals surface area contributed by atoms with Crippen molar-refractivity contribution >= 4 is 23.4 Å². The molecule has 1 aliphatic heterocycles. The third-order valence-corrected chi connectivity index (χ3v) is 5.16. The van der Waals surface area contributed by atoms with Crippen LogP contribution >= 0.6 is 11.8 Å². The Morgan fingerprint density at radius 1 is 1.35 bits per heavy atom. The van der Waals surface area contributed by atoms with Gasteiger partial charge in [-0.2, -0.15) is 0 Å². The molecule has 134 valence electrons. The van der Waals surface area contributed by atoms with Gasteiger partial charge < -0.3 is 10.6 Å². The number of halogens is 1. The molecule has 1 saturated heterocycles. The van der Waals surface area contributed by atoms with E-state index in [4.69, 9.17) is 5.53 Å². The van der Waals surface area contributed by atoms with Crippen LogP contribution in [0, 0.1) is 5.82 Å². The second kappa shape index (κ2) is 8.71. The lowest BCUT2D eigenvalue weighted by atomic mass is 10.1. The fourth-order valence-electron chi connectivity index (χ4n) is 2.75. The Morgan fingerprint density at radius 2 is 2.15 bits per heavy atom. The van der Waals surface area contributed by atoms with Crippen LogP contribution in [0.2, 0.25) is 0 Å². The molecule has 0 spiro atoms. The quantitative estimate of drug-likeness (QED) is 0.448. The van der Waals surface area contributed by atoms with Gasteiger partial charge in [0, 0.05) is 32.9 Å². The third kappa shape index (κ3) is 4.76. The van der Waals surface area contributed by atoms with Gasteiger partial charge >= 0.3 is 0 Å². The number of hydrogen-bond donors (Lipinski definition) is 2. The Balaban J connectivity index is 1.73. The van der Waals surface area contributed by atoms with Gasteiger partial charge in [0.15, 0.2) is 0 Å². The minimum atomic E-state index is -0.312. The summed E-state index contributed by atoms with van der Waals surface area (Å²) in [7, 11) is 0. The number of hydrogen-bond acceptors (Lipinski definition) is 4. The normalized spacial score (nSPS) is 16.1. The summed E-state index contributed by atoms with van der Waals surface area (Å²) in [5.74, 6) is -0.514. The highest BCUT2D eigenvalue weighted by molar-refractivity contribution is 7.99. The lowest BCUT2D eigenvalue weighted by molar-refractivity contribution is 0.0950. The second-order valence-electron chi connectivity index (χ2n) is 5.93. The standard InChI is InChI=1S/C18H18FN5OS/c19-13-4-6-15(7-5-13)26-17-8-3-12(10-16(17)23-24-20)18(25)22-11-14-2-1-9-21-14/h3-8,10,14,21H,1-2,9,11H2,(H,22,25). The molecule has 1 atom stereocenters. The molecule has 1 unspecified atom stereocenters. The van der Waals surface area contributed by atoms with E-state index in [1.54, 1.807) is 30.3 Å². The molecular weight excluding hydrogens is 353 g/mol. The molecule has 0 saturated carbocycles. The van der Waals surface area contributed by atoms with Gasteiger partial charge in [-0.05, 0) is 67.4 Å². The fourth-order valence-corrected chi connectivity index (χ4v) is 3.62. The van der Waals surface area contributed by atoms with Crippen molar-refractivity contribution in [1.82, 2.24) is 10.6 Å². The summed E-state index contributed by atoms with van der Waals surface area (Å²) in [6.45, 7) is 1.55. The van der Waals surface area contributed by atoms with Gasteiger partial charge in [0.25, 0.3) is 5.91 Å². The van der Waals surface area contributed by atoms with Gasteiger partial charge in [-0.15, -0.1) is 0 Å². The number of azide groups is 1. The van der Waals surface area contributed by atoms with E-state index < -0.39 is 0 Å². The Morgan fingerprint density at radius 3 is 2.85 bits per heavy atom. The Bertz CT molecular complexity index is 830. The van der Waals surface area contributed by atoms with E-state index in [9.17, 15) is 9.18 Å². The van der Waals surface area contributed by atoms with Crippen molar-refractivity contribution in [2.45, 2.75) is 28.7 Å². The van der Waals surface area contributed by atoms with E-state index in [-0.39, 0.29) is 11.7 Å². The second-order valence-corrected chi connectivity index (χ2v) is 7.05. The van der Waals surface area contributed by atoms with Gasteiger partial charge in [-0.1, -0.05) is 16.9 Å². The van der Waals surface area contributed by atoms with Crippen LogP contribution < -0.4 is 10.6 Å². The predicted molar refractivity (Wildman–Crippen MR) is 99.1 cm³/mol. The number of amides is 1. The zero-order valence-electron chi connectivity index (χ0n) is 14.0. The van der Waals surface area contributed by atoms with Crippen LogP contribution in [0.4, 0.5) is 10.1 Å². The molecule has 0 aromatic heterocycles. The number of carbonyl (C=O) groups is 1. The lowest BCUT2D eigenvalue weighted by Crippen LogP contribution is -2.37. The number of nitrogens with one attached hydrogen (secondary N) is 2. The van der Waals surface area contributed by atoms with E-state index >= 15 is 0 Å². The third-order valence-electron chi connectivity index (χ3n) is 4.09. The highest BCUT2D eigenvalue weighted by atomic mass is 32.2. The number of carbonyl (C=O) groups excluding carboxylic acids is 1. The van der Waals surface area contributed by atoms with Crippen LogP contribution in [0.15, 0.2) is 57.4 Å². The first-order chi connectivity index (χ1) is 12.7. The molecular formula is C18H18FN5OS. The topological polar surface area (TPSA) is 89.9 Å². The van der Waals surface area contributed by atoms with E-state index in [0.717, 1.165) is 24.3 Å². The molecule has 0 radical (unpaired) electrons. The zero-order valence-corrected chi connectivity index (χ0v) is 14.8. The largest absolute Gasteiger partial charge is 0.350 e. The minimum Gasteiger partial charge on any atom is -0.350 e. The first-order valence-electron chi connectivity index (χ1n) is 8.30. The summed E-state index contributed by atoms with van der Waals surface area (Å²) in [4.78, 5) is 16.7. The van der Waals surface area contributed by atoms with Crippen LogP contribution in [0.25, 0.3) is 10.4 Å². The molecule has 1 fully saturated rings. The van der Waals surface area contributed by atoms with Gasteiger partial charge in [0.05, 0.1) is 5.69 Å². The van der Waals surface area contributed by atoms with Gasteiger partial charge in [0.1, 0.15) is 5.82 Å². The molecule has 2 N–H and O–H groups in total. The van der Waals surface area contributed by atoms with Crippen LogP contribution in [0.3, 0.4) is 0 Å². The molecule has 2 aromatic rings. The highest BCUT2D eigenvalue weighted by Gasteiger charge is 2.16. The minimum absolute atomic E-state index is 0.202. The lowest BCUT2D eigenvalue weighted by Gasteiger charge is -2.12. The summed E-state index contributed by atoms with van der Waals surface area (Å²) in [5, 5.41) is 9.92.